The molecular weight excluding hydrogens is 278 g/mol. The van der Waals surface area contributed by atoms with Gasteiger partial charge in [0.1, 0.15) is 5.78 Å². The van der Waals surface area contributed by atoms with Gasteiger partial charge in [-0.2, -0.15) is 0 Å². The Labute approximate surface area is 129 Å². The summed E-state index contributed by atoms with van der Waals surface area (Å²) in [5, 5.41) is 3.89. The lowest BCUT2D eigenvalue weighted by atomic mass is 9.94. The summed E-state index contributed by atoms with van der Waals surface area (Å²) < 4.78 is 2.15. The minimum absolute atomic E-state index is 0.0879. The second kappa shape index (κ2) is 5.93. The number of nitrogens with zero attached hydrogens (tertiary/aromatic N) is 1. The van der Waals surface area contributed by atoms with E-state index in [1.165, 1.54) is 5.69 Å². The number of Topliss-reactive ketones (excluding diaryl/α,β-unsaturated/α-hetero) is 1. The van der Waals surface area contributed by atoms with E-state index in [1.54, 1.807) is 0 Å². The molecule has 0 fully saturated rings. The number of fused-ring (bicyclic) bond motifs is 3. The van der Waals surface area contributed by atoms with Gasteiger partial charge in [-0.25, -0.2) is 0 Å². The van der Waals surface area contributed by atoms with E-state index in [-0.39, 0.29) is 11.7 Å². The average Bonchev–Trinajstić information content (AvgIpc) is 2.79. The zero-order valence-electron chi connectivity index (χ0n) is 12.8. The van der Waals surface area contributed by atoms with Crippen LogP contribution in [0.25, 0.3) is 10.9 Å². The van der Waals surface area contributed by atoms with Crippen molar-refractivity contribution in [2.75, 3.05) is 13.1 Å². The molecule has 1 amide bonds. The molecule has 2 aromatic rings. The maximum Gasteiger partial charge on any atom is 0.251 e. The van der Waals surface area contributed by atoms with Crippen molar-refractivity contribution in [3.63, 3.8) is 0 Å². The Hall–Kier alpha value is -2.14. The number of aromatic nitrogens is 1. The predicted octanol–water partition coefficient (Wildman–Crippen LogP) is 1.31. The second-order valence-corrected chi connectivity index (χ2v) is 5.83. The molecular formula is C17H21N3O2. The van der Waals surface area contributed by atoms with Gasteiger partial charge in [0.15, 0.2) is 0 Å². The largest absolute Gasteiger partial charge is 0.352 e. The fraction of sp³-hybridized carbons (Fsp3) is 0.412. The summed E-state index contributed by atoms with van der Waals surface area (Å²) >= 11 is 0. The molecule has 0 unspecified atom stereocenters. The van der Waals surface area contributed by atoms with E-state index >= 15 is 0 Å². The average molecular weight is 299 g/mol. The van der Waals surface area contributed by atoms with Gasteiger partial charge >= 0.3 is 0 Å². The molecule has 22 heavy (non-hydrogen) atoms. The minimum atomic E-state index is -0.0879. The molecule has 0 saturated carbocycles. The molecule has 5 heteroatoms. The smallest absolute Gasteiger partial charge is 0.251 e. The van der Waals surface area contributed by atoms with Crippen molar-refractivity contribution in [2.45, 2.75) is 25.7 Å². The second-order valence-electron chi connectivity index (χ2n) is 5.83. The number of hydrogen-bond acceptors (Lipinski definition) is 3. The van der Waals surface area contributed by atoms with Crippen LogP contribution in [0, 0.1) is 0 Å². The highest BCUT2D eigenvalue weighted by molar-refractivity contribution is 6.00. The molecule has 116 valence electrons. The van der Waals surface area contributed by atoms with Crippen LogP contribution in [-0.4, -0.2) is 29.3 Å². The minimum Gasteiger partial charge on any atom is -0.352 e. The number of carbonyl (C=O) groups is 2. The Morgan fingerprint density at radius 2 is 2.18 bits per heavy atom. The number of hydrogen-bond donors (Lipinski definition) is 2. The fourth-order valence-electron chi connectivity index (χ4n) is 3.18. The van der Waals surface area contributed by atoms with Gasteiger partial charge in [-0.15, -0.1) is 0 Å². The molecule has 1 heterocycles. The van der Waals surface area contributed by atoms with Crippen LogP contribution < -0.4 is 11.1 Å². The van der Waals surface area contributed by atoms with Crippen LogP contribution in [0.15, 0.2) is 18.2 Å². The maximum atomic E-state index is 12.2. The molecule has 0 saturated heterocycles. The number of carbonyl (C=O) groups excluding carboxylic acids is 2. The van der Waals surface area contributed by atoms with E-state index in [9.17, 15) is 9.59 Å². The standard InChI is InChI=1S/C17H21N3O2/c1-20-15-5-3-11(17(22)19-8-2-7-18)9-13(15)14-10-12(21)4-6-16(14)20/h3,5,9H,2,4,6-8,10,18H2,1H3,(H,19,22). The third kappa shape index (κ3) is 2.52. The topological polar surface area (TPSA) is 77.1 Å². The quantitative estimate of drug-likeness (QED) is 0.836. The molecule has 0 radical (unpaired) electrons. The van der Waals surface area contributed by atoms with Crippen molar-refractivity contribution in [1.29, 1.82) is 0 Å². The van der Waals surface area contributed by atoms with Crippen molar-refractivity contribution in [2.24, 2.45) is 12.8 Å². The molecule has 0 bridgehead atoms. The monoisotopic (exact) mass is 299 g/mol. The van der Waals surface area contributed by atoms with E-state index in [2.05, 4.69) is 9.88 Å². The van der Waals surface area contributed by atoms with Crippen molar-refractivity contribution in [3.8, 4) is 0 Å². The van der Waals surface area contributed by atoms with E-state index in [4.69, 9.17) is 5.73 Å². The van der Waals surface area contributed by atoms with Gasteiger partial charge in [-0.05, 0) is 43.1 Å². The zero-order chi connectivity index (χ0) is 15.7. The predicted molar refractivity (Wildman–Crippen MR) is 86.0 cm³/mol. The highest BCUT2D eigenvalue weighted by Gasteiger charge is 2.23. The summed E-state index contributed by atoms with van der Waals surface area (Å²) in [5.74, 6) is 0.188. The van der Waals surface area contributed by atoms with Gasteiger partial charge in [0.05, 0.1) is 0 Å². The summed E-state index contributed by atoms with van der Waals surface area (Å²) in [6, 6.07) is 5.72. The number of benzene rings is 1. The molecule has 5 nitrogen and oxygen atoms in total. The first-order chi connectivity index (χ1) is 10.6. The summed E-state index contributed by atoms with van der Waals surface area (Å²) in [6.45, 7) is 1.15. The molecule has 1 aliphatic rings. The number of nitrogens with two attached hydrogens (primary N) is 1. The molecule has 1 aromatic carbocycles. The first kappa shape index (κ1) is 14.8. The van der Waals surface area contributed by atoms with Crippen molar-refractivity contribution < 1.29 is 9.59 Å². The van der Waals surface area contributed by atoms with Gasteiger partial charge in [0.25, 0.3) is 5.91 Å². The number of nitrogens with one attached hydrogen (secondary N) is 1. The highest BCUT2D eigenvalue weighted by Crippen LogP contribution is 2.31. The van der Waals surface area contributed by atoms with Crippen molar-refractivity contribution in [3.05, 3.63) is 35.0 Å². The van der Waals surface area contributed by atoms with E-state index in [0.29, 0.717) is 31.5 Å². The SMILES string of the molecule is Cn1c2c(c3cc(C(=O)NCCCN)ccc31)CC(=O)CC2. The molecule has 0 spiro atoms. The Kier molecular flexibility index (Phi) is 3.98. The van der Waals surface area contributed by atoms with Gasteiger partial charge in [-0.3, -0.25) is 9.59 Å². The van der Waals surface area contributed by atoms with Gasteiger partial charge in [-0.1, -0.05) is 0 Å². The van der Waals surface area contributed by atoms with Crippen LogP contribution in [0.5, 0.6) is 0 Å². The number of aryl methyl sites for hydroxylation is 1. The van der Waals surface area contributed by atoms with Crippen molar-refractivity contribution in [1.82, 2.24) is 9.88 Å². The lowest BCUT2D eigenvalue weighted by molar-refractivity contribution is -0.118. The van der Waals surface area contributed by atoms with Crippen LogP contribution in [0.3, 0.4) is 0 Å². The summed E-state index contributed by atoms with van der Waals surface area (Å²) in [4.78, 5) is 23.9. The van der Waals surface area contributed by atoms with Crippen LogP contribution in [-0.2, 0) is 24.7 Å². The summed E-state index contributed by atoms with van der Waals surface area (Å²) in [5.41, 5.74) is 9.46. The van der Waals surface area contributed by atoms with E-state index in [0.717, 1.165) is 29.3 Å². The van der Waals surface area contributed by atoms with Crippen LogP contribution in [0.2, 0.25) is 0 Å². The zero-order valence-corrected chi connectivity index (χ0v) is 12.8. The van der Waals surface area contributed by atoms with Crippen molar-refractivity contribution >= 4 is 22.6 Å². The first-order valence-corrected chi connectivity index (χ1v) is 7.72. The number of ketones is 1. The van der Waals surface area contributed by atoms with Gasteiger partial charge < -0.3 is 15.6 Å². The van der Waals surface area contributed by atoms with Crippen LogP contribution >= 0.6 is 0 Å². The summed E-state index contributed by atoms with van der Waals surface area (Å²) in [7, 11) is 2.03. The third-order valence-electron chi connectivity index (χ3n) is 4.38. The lowest BCUT2D eigenvalue weighted by Crippen LogP contribution is -2.25. The van der Waals surface area contributed by atoms with Gasteiger partial charge in [0, 0.05) is 48.6 Å². The molecule has 3 rings (SSSR count). The van der Waals surface area contributed by atoms with E-state index < -0.39 is 0 Å². The Morgan fingerprint density at radius 3 is 2.95 bits per heavy atom. The highest BCUT2D eigenvalue weighted by atomic mass is 16.1. The summed E-state index contributed by atoms with van der Waals surface area (Å²) in [6.07, 6.45) is 2.65. The Bertz CT molecular complexity index is 746. The molecule has 1 aliphatic carbocycles. The molecule has 0 aliphatic heterocycles. The van der Waals surface area contributed by atoms with Crippen LogP contribution in [0.4, 0.5) is 0 Å². The normalized spacial score (nSPS) is 14.2. The Morgan fingerprint density at radius 1 is 1.36 bits per heavy atom. The van der Waals surface area contributed by atoms with Gasteiger partial charge in [0.2, 0.25) is 0 Å². The molecule has 0 atom stereocenters. The fourth-order valence-corrected chi connectivity index (χ4v) is 3.18. The Balaban J connectivity index is 1.97. The number of rotatable bonds is 4. The number of amides is 1. The lowest BCUT2D eigenvalue weighted by Gasteiger charge is -2.12. The first-order valence-electron chi connectivity index (χ1n) is 7.72. The maximum absolute atomic E-state index is 12.2. The molecule has 1 aromatic heterocycles. The third-order valence-corrected chi connectivity index (χ3v) is 4.38. The van der Waals surface area contributed by atoms with Crippen LogP contribution in [0.1, 0.15) is 34.5 Å². The van der Waals surface area contributed by atoms with E-state index in [1.807, 2.05) is 25.2 Å². The molecule has 3 N–H and O–H groups in total.